The van der Waals surface area contributed by atoms with Crippen molar-refractivity contribution in [1.82, 2.24) is 0 Å². The molecule has 2 fully saturated rings. The lowest BCUT2D eigenvalue weighted by Crippen LogP contribution is -2.28. The maximum absolute atomic E-state index is 6.34. The number of rotatable bonds is 1. The van der Waals surface area contributed by atoms with E-state index in [4.69, 9.17) is 11.6 Å². The molecule has 88 valence electrons. The van der Waals surface area contributed by atoms with Gasteiger partial charge in [-0.25, -0.2) is 0 Å². The summed E-state index contributed by atoms with van der Waals surface area (Å²) in [4.78, 5) is 0. The van der Waals surface area contributed by atoms with Crippen molar-refractivity contribution in [2.45, 2.75) is 58.3 Å². The molecule has 0 aromatic carbocycles. The average Bonchev–Trinajstić information content (AvgIpc) is 2.53. The number of halogens is 1. The smallest absolute Gasteiger partial charge is 0.0364 e. The second-order valence-electron chi connectivity index (χ2n) is 6.14. The zero-order chi connectivity index (χ0) is 11.0. The van der Waals surface area contributed by atoms with E-state index in [0.29, 0.717) is 5.38 Å². The molecule has 15 heavy (non-hydrogen) atoms. The first-order valence-corrected chi connectivity index (χ1v) is 7.17. The Morgan fingerprint density at radius 1 is 0.867 bits per heavy atom. The van der Waals surface area contributed by atoms with Crippen LogP contribution in [-0.4, -0.2) is 5.38 Å². The van der Waals surface area contributed by atoms with Gasteiger partial charge in [-0.1, -0.05) is 27.2 Å². The van der Waals surface area contributed by atoms with Gasteiger partial charge < -0.3 is 0 Å². The number of alkyl halides is 1. The highest BCUT2D eigenvalue weighted by Gasteiger charge is 2.38. The van der Waals surface area contributed by atoms with Gasteiger partial charge in [-0.2, -0.15) is 0 Å². The Morgan fingerprint density at radius 2 is 1.60 bits per heavy atom. The van der Waals surface area contributed by atoms with E-state index in [9.17, 15) is 0 Å². The molecule has 6 atom stereocenters. The van der Waals surface area contributed by atoms with Crippen LogP contribution in [0.15, 0.2) is 0 Å². The van der Waals surface area contributed by atoms with Gasteiger partial charge in [-0.05, 0) is 55.3 Å². The minimum absolute atomic E-state index is 0.463. The van der Waals surface area contributed by atoms with E-state index in [1.54, 1.807) is 0 Å². The zero-order valence-electron chi connectivity index (χ0n) is 10.4. The van der Waals surface area contributed by atoms with Crippen LogP contribution in [0, 0.1) is 29.6 Å². The van der Waals surface area contributed by atoms with Crippen molar-refractivity contribution >= 4 is 11.6 Å². The Hall–Kier alpha value is 0.290. The summed E-state index contributed by atoms with van der Waals surface area (Å²) in [5.41, 5.74) is 0. The summed E-state index contributed by atoms with van der Waals surface area (Å²) >= 11 is 6.34. The second-order valence-corrected chi connectivity index (χ2v) is 6.70. The second kappa shape index (κ2) is 4.65. The molecule has 2 aliphatic carbocycles. The summed E-state index contributed by atoms with van der Waals surface area (Å²) in [6.07, 6.45) is 7.01. The molecule has 2 saturated carbocycles. The van der Waals surface area contributed by atoms with E-state index in [1.807, 2.05) is 0 Å². The summed E-state index contributed by atoms with van der Waals surface area (Å²) in [6, 6.07) is 0. The first kappa shape index (κ1) is 11.8. The highest BCUT2D eigenvalue weighted by Crippen LogP contribution is 2.46. The van der Waals surface area contributed by atoms with Crippen LogP contribution in [-0.2, 0) is 0 Å². The van der Waals surface area contributed by atoms with Gasteiger partial charge in [0.25, 0.3) is 0 Å². The van der Waals surface area contributed by atoms with E-state index >= 15 is 0 Å². The molecule has 0 aromatic rings. The Labute approximate surface area is 99.8 Å². The predicted octanol–water partition coefficient (Wildman–Crippen LogP) is 4.71. The molecule has 0 nitrogen and oxygen atoms in total. The lowest BCUT2D eigenvalue weighted by Gasteiger charge is -2.37. The van der Waals surface area contributed by atoms with E-state index in [2.05, 4.69) is 20.8 Å². The molecule has 2 rings (SSSR count). The van der Waals surface area contributed by atoms with Crippen molar-refractivity contribution in [2.75, 3.05) is 0 Å². The molecule has 6 unspecified atom stereocenters. The molecule has 0 bridgehead atoms. The van der Waals surface area contributed by atoms with Crippen molar-refractivity contribution in [3.8, 4) is 0 Å². The maximum atomic E-state index is 6.34. The van der Waals surface area contributed by atoms with Crippen LogP contribution in [0.4, 0.5) is 0 Å². The molecule has 2 aliphatic rings. The maximum Gasteiger partial charge on any atom is 0.0364 e. The molecular weight excluding hydrogens is 204 g/mol. The fourth-order valence-electron chi connectivity index (χ4n) is 3.79. The van der Waals surface area contributed by atoms with Crippen LogP contribution in [0.2, 0.25) is 0 Å². The quantitative estimate of drug-likeness (QED) is 0.570. The first-order valence-electron chi connectivity index (χ1n) is 6.73. The van der Waals surface area contributed by atoms with Gasteiger partial charge in [-0.3, -0.25) is 0 Å². The van der Waals surface area contributed by atoms with Gasteiger partial charge in [0.2, 0.25) is 0 Å². The van der Waals surface area contributed by atoms with E-state index in [-0.39, 0.29) is 0 Å². The van der Waals surface area contributed by atoms with Crippen molar-refractivity contribution in [2.24, 2.45) is 29.6 Å². The molecule has 0 radical (unpaired) electrons. The van der Waals surface area contributed by atoms with Crippen LogP contribution in [0.1, 0.15) is 52.9 Å². The monoisotopic (exact) mass is 228 g/mol. The molecule has 0 saturated heterocycles. The summed E-state index contributed by atoms with van der Waals surface area (Å²) in [6.45, 7) is 7.23. The lowest BCUT2D eigenvalue weighted by atomic mass is 9.69. The lowest BCUT2D eigenvalue weighted by molar-refractivity contribution is 0.138. The summed E-state index contributed by atoms with van der Waals surface area (Å²) in [5, 5.41) is 0.463. The SMILES string of the molecule is CC1CCC(C2CCC(Cl)C2C)CC1C. The normalized spacial score (nSPS) is 52.0. The minimum Gasteiger partial charge on any atom is -0.123 e. The Bertz CT molecular complexity index is 213. The Balaban J connectivity index is 1.94. The van der Waals surface area contributed by atoms with Crippen molar-refractivity contribution in [1.29, 1.82) is 0 Å². The number of hydrogen-bond acceptors (Lipinski definition) is 0. The third-order valence-electron chi connectivity index (χ3n) is 5.27. The topological polar surface area (TPSA) is 0 Å². The minimum atomic E-state index is 0.463. The fraction of sp³-hybridized carbons (Fsp3) is 1.00. The summed E-state index contributed by atoms with van der Waals surface area (Å²) in [5.74, 6) is 4.56. The Morgan fingerprint density at radius 3 is 2.13 bits per heavy atom. The standard InChI is InChI=1S/C14H25Cl/c1-9-4-5-12(8-10(9)2)13-6-7-14(15)11(13)3/h9-14H,4-8H2,1-3H3. The highest BCUT2D eigenvalue weighted by atomic mass is 35.5. The first-order chi connectivity index (χ1) is 7.09. The summed E-state index contributed by atoms with van der Waals surface area (Å²) in [7, 11) is 0. The fourth-order valence-corrected chi connectivity index (χ4v) is 4.10. The van der Waals surface area contributed by atoms with E-state index < -0.39 is 0 Å². The van der Waals surface area contributed by atoms with Crippen LogP contribution >= 0.6 is 11.6 Å². The van der Waals surface area contributed by atoms with Gasteiger partial charge in [0.15, 0.2) is 0 Å². The van der Waals surface area contributed by atoms with Crippen LogP contribution in [0.3, 0.4) is 0 Å². The summed E-state index contributed by atoms with van der Waals surface area (Å²) < 4.78 is 0. The van der Waals surface area contributed by atoms with Crippen LogP contribution in [0.5, 0.6) is 0 Å². The molecular formula is C14H25Cl. The molecule has 0 N–H and O–H groups in total. The largest absolute Gasteiger partial charge is 0.123 e. The average molecular weight is 229 g/mol. The third-order valence-corrected chi connectivity index (χ3v) is 5.88. The highest BCUT2D eigenvalue weighted by molar-refractivity contribution is 6.20. The van der Waals surface area contributed by atoms with Gasteiger partial charge >= 0.3 is 0 Å². The molecule has 0 amide bonds. The van der Waals surface area contributed by atoms with Gasteiger partial charge in [0, 0.05) is 5.38 Å². The molecule has 1 heteroatoms. The van der Waals surface area contributed by atoms with Gasteiger partial charge in [0.1, 0.15) is 0 Å². The zero-order valence-corrected chi connectivity index (χ0v) is 11.1. The van der Waals surface area contributed by atoms with Crippen molar-refractivity contribution < 1.29 is 0 Å². The third kappa shape index (κ3) is 2.35. The molecule has 0 spiro atoms. The van der Waals surface area contributed by atoms with Crippen LogP contribution in [0.25, 0.3) is 0 Å². The number of hydrogen-bond donors (Lipinski definition) is 0. The van der Waals surface area contributed by atoms with Gasteiger partial charge in [-0.15, -0.1) is 11.6 Å². The molecule has 0 aliphatic heterocycles. The van der Waals surface area contributed by atoms with Gasteiger partial charge in [0.05, 0.1) is 0 Å². The van der Waals surface area contributed by atoms with Crippen LogP contribution < -0.4 is 0 Å². The van der Waals surface area contributed by atoms with E-state index in [1.165, 1.54) is 32.1 Å². The molecule has 0 aromatic heterocycles. The van der Waals surface area contributed by atoms with Crippen molar-refractivity contribution in [3.63, 3.8) is 0 Å². The van der Waals surface area contributed by atoms with Crippen molar-refractivity contribution in [3.05, 3.63) is 0 Å². The predicted molar refractivity (Wildman–Crippen MR) is 67.2 cm³/mol. The molecule has 0 heterocycles. The Kier molecular flexibility index (Phi) is 3.65. The van der Waals surface area contributed by atoms with E-state index in [0.717, 1.165) is 29.6 Å².